The van der Waals surface area contributed by atoms with Crippen LogP contribution in [0.2, 0.25) is 0 Å². The molecule has 1 aromatic carbocycles. The quantitative estimate of drug-likeness (QED) is 0.756. The lowest BCUT2D eigenvalue weighted by atomic mass is 10.1. The summed E-state index contributed by atoms with van der Waals surface area (Å²) in [4.78, 5) is 12.2. The van der Waals surface area contributed by atoms with Crippen molar-refractivity contribution in [3.8, 4) is 5.75 Å². The highest BCUT2D eigenvalue weighted by molar-refractivity contribution is 5.92. The first-order valence-corrected chi connectivity index (χ1v) is 8.73. The molecule has 1 amide bonds. The van der Waals surface area contributed by atoms with Gasteiger partial charge in [-0.2, -0.15) is 18.3 Å². The van der Waals surface area contributed by atoms with Crippen molar-refractivity contribution in [1.29, 1.82) is 0 Å². The number of nitrogens with zero attached hydrogens (tertiary/aromatic N) is 2. The maximum absolute atomic E-state index is 12.2. The van der Waals surface area contributed by atoms with Crippen LogP contribution in [0.15, 0.2) is 36.5 Å². The minimum absolute atomic E-state index is 0. The van der Waals surface area contributed by atoms with Crippen molar-refractivity contribution in [2.45, 2.75) is 31.6 Å². The lowest BCUT2D eigenvalue weighted by molar-refractivity contribution is -0.153. The third-order valence-electron chi connectivity index (χ3n) is 4.26. The molecule has 0 aliphatic carbocycles. The molecule has 1 aromatic heterocycles. The Morgan fingerprint density at radius 2 is 2.04 bits per heavy atom. The van der Waals surface area contributed by atoms with Gasteiger partial charge in [-0.05, 0) is 43.1 Å². The minimum atomic E-state index is -4.37. The summed E-state index contributed by atoms with van der Waals surface area (Å²) in [6.45, 7) is 0.759. The fraction of sp³-hybridized carbons (Fsp3) is 0.444. The predicted molar refractivity (Wildman–Crippen MR) is 99.8 cm³/mol. The van der Waals surface area contributed by atoms with E-state index in [9.17, 15) is 18.0 Å². The van der Waals surface area contributed by atoms with Crippen molar-refractivity contribution in [1.82, 2.24) is 20.4 Å². The number of hydrogen-bond donors (Lipinski definition) is 2. The zero-order chi connectivity index (χ0) is 19.3. The second-order valence-corrected chi connectivity index (χ2v) is 6.41. The molecule has 2 aromatic rings. The zero-order valence-corrected chi connectivity index (χ0v) is 15.9. The molecule has 1 aliphatic rings. The van der Waals surface area contributed by atoms with Crippen molar-refractivity contribution in [3.05, 3.63) is 47.8 Å². The number of carbonyl (C=O) groups excluding carboxylic acids is 1. The fourth-order valence-electron chi connectivity index (χ4n) is 2.86. The zero-order valence-electron chi connectivity index (χ0n) is 15.0. The van der Waals surface area contributed by atoms with Crippen LogP contribution in [0, 0.1) is 0 Å². The number of aromatic nitrogens is 2. The normalized spacial score (nSPS) is 16.9. The van der Waals surface area contributed by atoms with E-state index in [0.29, 0.717) is 5.69 Å². The summed E-state index contributed by atoms with van der Waals surface area (Å²) in [6.07, 6.45) is -0.462. The van der Waals surface area contributed by atoms with Gasteiger partial charge in [0.05, 0.1) is 6.04 Å². The molecule has 1 fully saturated rings. The van der Waals surface area contributed by atoms with Crippen molar-refractivity contribution in [2.24, 2.45) is 0 Å². The molecule has 1 saturated heterocycles. The molecule has 2 heterocycles. The number of halogens is 4. The summed E-state index contributed by atoms with van der Waals surface area (Å²) < 4.78 is 42.8. The van der Waals surface area contributed by atoms with Crippen LogP contribution in [-0.4, -0.2) is 41.6 Å². The molecular formula is C18H22ClF3N4O2. The van der Waals surface area contributed by atoms with E-state index < -0.39 is 12.8 Å². The number of amides is 1. The minimum Gasteiger partial charge on any atom is -0.484 e. The first kappa shape index (κ1) is 22.0. The van der Waals surface area contributed by atoms with Crippen LogP contribution in [-0.2, 0) is 6.54 Å². The SMILES string of the molecule is Cl.O=C(NCc1ccc(OCC(F)(F)F)cc1)c1ccn(C2CCCNC2)n1. The van der Waals surface area contributed by atoms with Gasteiger partial charge in [0.25, 0.3) is 5.91 Å². The number of hydrogen-bond acceptors (Lipinski definition) is 4. The largest absolute Gasteiger partial charge is 0.484 e. The summed E-state index contributed by atoms with van der Waals surface area (Å²) in [5.74, 6) is -0.169. The Balaban J connectivity index is 0.00000280. The van der Waals surface area contributed by atoms with Gasteiger partial charge in [-0.25, -0.2) is 0 Å². The number of ether oxygens (including phenoxy) is 1. The predicted octanol–water partition coefficient (Wildman–Crippen LogP) is 3.10. The van der Waals surface area contributed by atoms with Crippen LogP contribution in [0.5, 0.6) is 5.75 Å². The van der Waals surface area contributed by atoms with Gasteiger partial charge in [0.2, 0.25) is 0 Å². The van der Waals surface area contributed by atoms with Gasteiger partial charge in [0.1, 0.15) is 11.4 Å². The van der Waals surface area contributed by atoms with E-state index >= 15 is 0 Å². The van der Waals surface area contributed by atoms with E-state index in [-0.39, 0.29) is 36.7 Å². The molecule has 0 spiro atoms. The number of carbonyl (C=O) groups is 1. The van der Waals surface area contributed by atoms with E-state index in [1.54, 1.807) is 24.4 Å². The molecular weight excluding hydrogens is 397 g/mol. The van der Waals surface area contributed by atoms with Gasteiger partial charge >= 0.3 is 6.18 Å². The molecule has 10 heteroatoms. The van der Waals surface area contributed by atoms with Crippen LogP contribution in [0.4, 0.5) is 13.2 Å². The van der Waals surface area contributed by atoms with E-state index in [4.69, 9.17) is 0 Å². The average molecular weight is 419 g/mol. The van der Waals surface area contributed by atoms with Gasteiger partial charge in [-0.15, -0.1) is 12.4 Å². The van der Waals surface area contributed by atoms with Gasteiger partial charge in [0.15, 0.2) is 6.61 Å². The Labute approximate surface area is 166 Å². The number of piperidine rings is 1. The second kappa shape index (κ2) is 9.79. The summed E-state index contributed by atoms with van der Waals surface area (Å²) in [5.41, 5.74) is 1.09. The number of rotatable bonds is 6. The molecule has 2 N–H and O–H groups in total. The maximum atomic E-state index is 12.2. The van der Waals surface area contributed by atoms with Gasteiger partial charge < -0.3 is 15.4 Å². The highest BCUT2D eigenvalue weighted by Crippen LogP contribution is 2.19. The Morgan fingerprint density at radius 1 is 1.29 bits per heavy atom. The lowest BCUT2D eigenvalue weighted by Crippen LogP contribution is -2.32. The second-order valence-electron chi connectivity index (χ2n) is 6.41. The van der Waals surface area contributed by atoms with E-state index in [2.05, 4.69) is 20.5 Å². The van der Waals surface area contributed by atoms with Gasteiger partial charge in [-0.1, -0.05) is 12.1 Å². The van der Waals surface area contributed by atoms with Crippen LogP contribution >= 0.6 is 12.4 Å². The van der Waals surface area contributed by atoms with E-state index in [1.165, 1.54) is 12.1 Å². The fourth-order valence-corrected chi connectivity index (χ4v) is 2.86. The standard InChI is InChI=1S/C18H21F3N4O2.ClH/c19-18(20,21)12-27-15-5-3-13(4-6-15)10-23-17(26)16-7-9-25(24-16)14-2-1-8-22-11-14;/h3-7,9,14,22H,1-2,8,10-12H2,(H,23,26);1H. The first-order valence-electron chi connectivity index (χ1n) is 8.73. The third kappa shape index (κ3) is 6.42. The number of nitrogens with one attached hydrogen (secondary N) is 2. The van der Waals surface area contributed by atoms with Crippen molar-refractivity contribution < 1.29 is 22.7 Å². The van der Waals surface area contributed by atoms with Crippen molar-refractivity contribution in [3.63, 3.8) is 0 Å². The monoisotopic (exact) mass is 418 g/mol. The highest BCUT2D eigenvalue weighted by atomic mass is 35.5. The molecule has 1 atom stereocenters. The Kier molecular flexibility index (Phi) is 7.70. The summed E-state index contributed by atoms with van der Waals surface area (Å²) in [6, 6.07) is 8.04. The van der Waals surface area contributed by atoms with Crippen LogP contribution in [0.1, 0.15) is 34.9 Å². The van der Waals surface area contributed by atoms with Crippen molar-refractivity contribution >= 4 is 18.3 Å². The molecule has 28 heavy (non-hydrogen) atoms. The molecule has 154 valence electrons. The topological polar surface area (TPSA) is 68.2 Å². The number of alkyl halides is 3. The molecule has 1 unspecified atom stereocenters. The van der Waals surface area contributed by atoms with E-state index in [1.807, 2.05) is 4.68 Å². The highest BCUT2D eigenvalue weighted by Gasteiger charge is 2.28. The smallest absolute Gasteiger partial charge is 0.422 e. The summed E-state index contributed by atoms with van der Waals surface area (Å²) in [5, 5.41) is 10.4. The van der Waals surface area contributed by atoms with Crippen LogP contribution < -0.4 is 15.4 Å². The Hall–Kier alpha value is -2.26. The molecule has 6 nitrogen and oxygen atoms in total. The average Bonchev–Trinajstić information content (AvgIpc) is 3.16. The van der Waals surface area contributed by atoms with Crippen molar-refractivity contribution in [2.75, 3.05) is 19.7 Å². The molecule has 0 radical (unpaired) electrons. The summed E-state index contributed by atoms with van der Waals surface area (Å²) >= 11 is 0. The first-order chi connectivity index (χ1) is 12.9. The van der Waals surface area contributed by atoms with Crippen LogP contribution in [0.25, 0.3) is 0 Å². The number of benzene rings is 1. The molecule has 0 saturated carbocycles. The van der Waals surface area contributed by atoms with Gasteiger partial charge in [-0.3, -0.25) is 9.48 Å². The maximum Gasteiger partial charge on any atom is 0.422 e. The van der Waals surface area contributed by atoms with Crippen LogP contribution in [0.3, 0.4) is 0 Å². The molecule has 3 rings (SSSR count). The Morgan fingerprint density at radius 3 is 2.68 bits per heavy atom. The lowest BCUT2D eigenvalue weighted by Gasteiger charge is -2.22. The molecule has 1 aliphatic heterocycles. The van der Waals surface area contributed by atoms with Gasteiger partial charge in [0, 0.05) is 19.3 Å². The Bertz CT molecular complexity index is 759. The summed E-state index contributed by atoms with van der Waals surface area (Å²) in [7, 11) is 0. The van der Waals surface area contributed by atoms with E-state index in [0.717, 1.165) is 31.5 Å². The molecule has 0 bridgehead atoms. The third-order valence-corrected chi connectivity index (χ3v) is 4.26.